The third-order valence-corrected chi connectivity index (χ3v) is 5.26. The Morgan fingerprint density at radius 2 is 2.00 bits per heavy atom. The van der Waals surface area contributed by atoms with Gasteiger partial charge in [-0.15, -0.1) is 5.10 Å². The number of fused-ring (bicyclic) bond motifs is 1. The lowest BCUT2D eigenvalue weighted by Crippen LogP contribution is -2.41. The molecule has 0 spiro atoms. The molecule has 0 saturated carbocycles. The number of hydrogen-bond acceptors (Lipinski definition) is 5. The van der Waals surface area contributed by atoms with Gasteiger partial charge >= 0.3 is 0 Å². The molecule has 1 aliphatic rings. The van der Waals surface area contributed by atoms with Crippen molar-refractivity contribution >= 4 is 23.4 Å². The van der Waals surface area contributed by atoms with E-state index >= 15 is 0 Å². The summed E-state index contributed by atoms with van der Waals surface area (Å²) < 4.78 is 1.73. The van der Waals surface area contributed by atoms with Crippen molar-refractivity contribution in [3.63, 3.8) is 0 Å². The predicted molar refractivity (Wildman–Crippen MR) is 90.6 cm³/mol. The van der Waals surface area contributed by atoms with E-state index in [1.54, 1.807) is 4.52 Å². The van der Waals surface area contributed by atoms with Crippen LogP contribution in [0.2, 0.25) is 0 Å². The zero-order chi connectivity index (χ0) is 16.6. The fourth-order valence-corrected chi connectivity index (χ4v) is 3.72. The highest BCUT2D eigenvalue weighted by Gasteiger charge is 2.26. The lowest BCUT2D eigenvalue weighted by molar-refractivity contribution is -0.131. The zero-order valence-electron chi connectivity index (χ0n) is 14.1. The molecular formula is C16H23N5OS. The van der Waals surface area contributed by atoms with Gasteiger partial charge in [0, 0.05) is 24.5 Å². The molecule has 0 N–H and O–H groups in total. The second kappa shape index (κ2) is 6.47. The maximum Gasteiger partial charge on any atom is 0.253 e. The molecule has 1 unspecified atom stereocenters. The number of carbonyl (C=O) groups excluding carboxylic acids is 1. The number of thioether (sulfide) groups is 1. The highest BCUT2D eigenvalue weighted by Crippen LogP contribution is 2.24. The molecule has 2 aromatic heterocycles. The zero-order valence-corrected chi connectivity index (χ0v) is 14.9. The van der Waals surface area contributed by atoms with Crippen molar-refractivity contribution in [3.05, 3.63) is 17.5 Å². The topological polar surface area (TPSA) is 63.4 Å². The average molecular weight is 333 g/mol. The average Bonchev–Trinajstić information content (AvgIpc) is 2.90. The van der Waals surface area contributed by atoms with Crippen LogP contribution in [0, 0.1) is 19.8 Å². The monoisotopic (exact) mass is 333 g/mol. The van der Waals surface area contributed by atoms with Crippen molar-refractivity contribution in [3.8, 4) is 0 Å². The molecular weight excluding hydrogens is 310 g/mol. The first-order valence-corrected chi connectivity index (χ1v) is 8.98. The van der Waals surface area contributed by atoms with E-state index < -0.39 is 0 Å². The summed E-state index contributed by atoms with van der Waals surface area (Å²) in [6, 6.07) is 1.97. The molecule has 124 valence electrons. The number of likely N-dealkylation sites (tertiary alicyclic amines) is 1. The number of carbonyl (C=O) groups is 1. The Morgan fingerprint density at radius 3 is 2.70 bits per heavy atom. The van der Waals surface area contributed by atoms with Gasteiger partial charge in [-0.1, -0.05) is 18.7 Å². The van der Waals surface area contributed by atoms with Crippen LogP contribution >= 0.6 is 11.8 Å². The third kappa shape index (κ3) is 3.49. The summed E-state index contributed by atoms with van der Waals surface area (Å²) in [6.45, 7) is 9.83. The minimum Gasteiger partial charge on any atom is -0.342 e. The van der Waals surface area contributed by atoms with Crippen molar-refractivity contribution in [2.45, 2.75) is 50.9 Å². The minimum atomic E-state index is -0.178. The van der Waals surface area contributed by atoms with Crippen LogP contribution < -0.4 is 0 Å². The van der Waals surface area contributed by atoms with Gasteiger partial charge < -0.3 is 4.90 Å². The van der Waals surface area contributed by atoms with Gasteiger partial charge in [0.25, 0.3) is 5.78 Å². The van der Waals surface area contributed by atoms with E-state index in [9.17, 15) is 4.79 Å². The molecule has 23 heavy (non-hydrogen) atoms. The second-order valence-electron chi connectivity index (χ2n) is 6.41. The fourth-order valence-electron chi connectivity index (χ4n) is 2.89. The Kier molecular flexibility index (Phi) is 4.57. The molecule has 0 bridgehead atoms. The molecule has 2 aromatic rings. The van der Waals surface area contributed by atoms with E-state index in [0.29, 0.717) is 10.9 Å². The molecule has 1 saturated heterocycles. The molecule has 1 aliphatic heterocycles. The van der Waals surface area contributed by atoms with Gasteiger partial charge in [0.05, 0.1) is 5.25 Å². The van der Waals surface area contributed by atoms with E-state index in [2.05, 4.69) is 22.0 Å². The number of piperidine rings is 1. The van der Waals surface area contributed by atoms with Crippen LogP contribution in [0.3, 0.4) is 0 Å². The largest absolute Gasteiger partial charge is 0.342 e. The lowest BCUT2D eigenvalue weighted by atomic mass is 9.99. The fraction of sp³-hybridized carbons (Fsp3) is 0.625. The quantitative estimate of drug-likeness (QED) is 0.808. The van der Waals surface area contributed by atoms with Crippen LogP contribution in [0.15, 0.2) is 11.2 Å². The molecule has 1 fully saturated rings. The molecule has 0 aliphatic carbocycles. The normalized spacial score (nSPS) is 17.7. The Balaban J connectivity index is 1.71. The van der Waals surface area contributed by atoms with Crippen molar-refractivity contribution in [2.75, 3.05) is 13.1 Å². The van der Waals surface area contributed by atoms with Gasteiger partial charge in [-0.25, -0.2) is 9.50 Å². The van der Waals surface area contributed by atoms with Gasteiger partial charge in [-0.05, 0) is 45.6 Å². The molecule has 6 nitrogen and oxygen atoms in total. The first-order chi connectivity index (χ1) is 10.9. The number of aromatic nitrogens is 4. The van der Waals surface area contributed by atoms with Crippen molar-refractivity contribution < 1.29 is 4.79 Å². The molecule has 1 amide bonds. The highest BCUT2D eigenvalue weighted by atomic mass is 32.2. The summed E-state index contributed by atoms with van der Waals surface area (Å²) in [5, 5.41) is 4.90. The molecule has 3 heterocycles. The standard InChI is InChI=1S/C16H23N5OS/c1-10-5-7-20(8-6-10)14(22)13(4)23-16-18-15-17-11(2)9-12(3)21(15)19-16/h9-10,13H,5-8H2,1-4H3. The maximum absolute atomic E-state index is 12.6. The Hall–Kier alpha value is -1.63. The van der Waals surface area contributed by atoms with Gasteiger partial charge in [-0.2, -0.15) is 4.98 Å². The molecule has 0 aromatic carbocycles. The van der Waals surface area contributed by atoms with Crippen LogP contribution in [0.5, 0.6) is 0 Å². The Labute approximate surface area is 140 Å². The van der Waals surface area contributed by atoms with E-state index in [0.717, 1.165) is 43.2 Å². The molecule has 7 heteroatoms. The first-order valence-electron chi connectivity index (χ1n) is 8.10. The lowest BCUT2D eigenvalue weighted by Gasteiger charge is -2.31. The maximum atomic E-state index is 12.6. The summed E-state index contributed by atoms with van der Waals surface area (Å²) in [4.78, 5) is 23.4. The van der Waals surface area contributed by atoms with Gasteiger partial charge in [0.2, 0.25) is 11.1 Å². The summed E-state index contributed by atoms with van der Waals surface area (Å²) >= 11 is 1.41. The SMILES string of the molecule is Cc1cc(C)n2nc(SC(C)C(=O)N3CCC(C)CC3)nc2n1. The summed E-state index contributed by atoms with van der Waals surface area (Å²) in [5.74, 6) is 1.50. The van der Waals surface area contributed by atoms with E-state index in [-0.39, 0.29) is 11.2 Å². The first kappa shape index (κ1) is 16.2. The van der Waals surface area contributed by atoms with Crippen LogP contribution in [-0.4, -0.2) is 48.7 Å². The van der Waals surface area contributed by atoms with Crippen molar-refractivity contribution in [2.24, 2.45) is 5.92 Å². The van der Waals surface area contributed by atoms with Gasteiger partial charge in [0.15, 0.2) is 0 Å². The summed E-state index contributed by atoms with van der Waals surface area (Å²) in [6.07, 6.45) is 2.19. The smallest absolute Gasteiger partial charge is 0.253 e. The number of aryl methyl sites for hydroxylation is 2. The predicted octanol–water partition coefficient (Wildman–Crippen LogP) is 2.48. The van der Waals surface area contributed by atoms with Crippen molar-refractivity contribution in [1.29, 1.82) is 0 Å². The molecule has 1 atom stereocenters. The number of amides is 1. The van der Waals surface area contributed by atoms with E-state index in [4.69, 9.17) is 0 Å². The Morgan fingerprint density at radius 1 is 1.30 bits per heavy atom. The molecule has 3 rings (SSSR count). The Bertz CT molecular complexity index is 721. The minimum absolute atomic E-state index is 0.178. The number of rotatable bonds is 3. The van der Waals surface area contributed by atoms with Crippen LogP contribution in [-0.2, 0) is 4.79 Å². The van der Waals surface area contributed by atoms with Crippen LogP contribution in [0.4, 0.5) is 0 Å². The van der Waals surface area contributed by atoms with Gasteiger partial charge in [-0.3, -0.25) is 4.79 Å². The number of hydrogen-bond donors (Lipinski definition) is 0. The molecule has 0 radical (unpaired) electrons. The van der Waals surface area contributed by atoms with Crippen molar-refractivity contribution in [1.82, 2.24) is 24.5 Å². The third-order valence-electron chi connectivity index (χ3n) is 4.32. The van der Waals surface area contributed by atoms with E-state index in [1.165, 1.54) is 11.8 Å². The summed E-state index contributed by atoms with van der Waals surface area (Å²) in [7, 11) is 0. The van der Waals surface area contributed by atoms with E-state index in [1.807, 2.05) is 31.7 Å². The van der Waals surface area contributed by atoms with Gasteiger partial charge in [0.1, 0.15) is 0 Å². The summed E-state index contributed by atoms with van der Waals surface area (Å²) in [5.41, 5.74) is 1.92. The van der Waals surface area contributed by atoms with Crippen LogP contribution in [0.1, 0.15) is 38.1 Å². The van der Waals surface area contributed by atoms with Crippen LogP contribution in [0.25, 0.3) is 5.78 Å². The second-order valence-corrected chi connectivity index (χ2v) is 7.72. The number of nitrogens with zero attached hydrogens (tertiary/aromatic N) is 5. The highest BCUT2D eigenvalue weighted by molar-refractivity contribution is 8.00.